The van der Waals surface area contributed by atoms with Gasteiger partial charge >= 0.3 is 0 Å². The zero-order chi connectivity index (χ0) is 33.2. The largest absolute Gasteiger partial charge is 0.496 e. The molecule has 0 spiro atoms. The minimum absolute atomic E-state index is 0.0107. The standard InChI is InChI=1S/C36H34FN5O4S/c1-5-40(6-2)35(45)32-22(3)38-36-42(33(32)27-12-8-10-14-29(27)46-4)34(44)30(47-36)19-23-20-41(28-13-9-7-11-26(23)28)21-31(43)39-25-17-15-24(37)16-18-25/h7-20,33H,5-6,21H2,1-4H3,(H,39,43)/b30-19+/t33-/m1/s1. The summed E-state index contributed by atoms with van der Waals surface area (Å²) in [5, 5.41) is 3.66. The lowest BCUT2D eigenvalue weighted by Crippen LogP contribution is -2.43. The van der Waals surface area contributed by atoms with Crippen molar-refractivity contribution in [2.75, 3.05) is 25.5 Å². The van der Waals surface area contributed by atoms with Crippen molar-refractivity contribution < 1.29 is 18.7 Å². The summed E-state index contributed by atoms with van der Waals surface area (Å²) in [4.78, 5) is 48.2. The zero-order valence-corrected chi connectivity index (χ0v) is 27.3. The van der Waals surface area contributed by atoms with Gasteiger partial charge in [-0.05, 0) is 63.2 Å². The number of nitrogens with one attached hydrogen (secondary N) is 1. The molecule has 0 bridgehead atoms. The van der Waals surface area contributed by atoms with Crippen molar-refractivity contribution in [3.8, 4) is 5.75 Å². The van der Waals surface area contributed by atoms with Crippen molar-refractivity contribution in [2.24, 2.45) is 4.99 Å². The summed E-state index contributed by atoms with van der Waals surface area (Å²) < 4.78 is 22.9. The van der Waals surface area contributed by atoms with Crippen LogP contribution in [-0.2, 0) is 16.1 Å². The van der Waals surface area contributed by atoms with Crippen molar-refractivity contribution in [2.45, 2.75) is 33.4 Å². The van der Waals surface area contributed by atoms with Crippen LogP contribution >= 0.6 is 11.3 Å². The number of para-hydroxylation sites is 2. The number of hydrogen-bond acceptors (Lipinski definition) is 6. The van der Waals surface area contributed by atoms with Gasteiger partial charge in [0.15, 0.2) is 4.80 Å². The summed E-state index contributed by atoms with van der Waals surface area (Å²) >= 11 is 1.25. The van der Waals surface area contributed by atoms with E-state index in [-0.39, 0.29) is 29.7 Å². The highest BCUT2D eigenvalue weighted by Crippen LogP contribution is 2.36. The number of hydrogen-bond donors (Lipinski definition) is 1. The molecule has 9 nitrogen and oxygen atoms in total. The molecule has 0 saturated heterocycles. The predicted octanol–water partition coefficient (Wildman–Crippen LogP) is 4.84. The van der Waals surface area contributed by atoms with E-state index in [0.717, 1.165) is 16.5 Å². The second-order valence-corrected chi connectivity index (χ2v) is 12.1. The molecular formula is C36H34FN5O4S. The van der Waals surface area contributed by atoms with Crippen LogP contribution in [0.3, 0.4) is 0 Å². The van der Waals surface area contributed by atoms with Gasteiger partial charge in [0, 0.05) is 47.0 Å². The number of aromatic nitrogens is 2. The fourth-order valence-electron chi connectivity index (χ4n) is 6.01. The Labute approximate surface area is 274 Å². The van der Waals surface area contributed by atoms with Gasteiger partial charge in [0.25, 0.3) is 11.5 Å². The van der Waals surface area contributed by atoms with Crippen molar-refractivity contribution in [3.05, 3.63) is 127 Å². The summed E-state index contributed by atoms with van der Waals surface area (Å²) in [6, 6.07) is 19.9. The maximum atomic E-state index is 14.3. The van der Waals surface area contributed by atoms with E-state index < -0.39 is 6.04 Å². The summed E-state index contributed by atoms with van der Waals surface area (Å²) in [6.45, 7) is 6.70. The molecule has 1 aliphatic rings. The number of methoxy groups -OCH3 is 1. The van der Waals surface area contributed by atoms with Crippen LogP contribution in [0.1, 0.15) is 37.9 Å². The van der Waals surface area contributed by atoms with Crippen LogP contribution in [0.15, 0.2) is 100 Å². The van der Waals surface area contributed by atoms with E-state index in [1.165, 1.54) is 35.6 Å². The maximum absolute atomic E-state index is 14.3. The van der Waals surface area contributed by atoms with Crippen LogP contribution in [0.4, 0.5) is 10.1 Å². The van der Waals surface area contributed by atoms with Crippen LogP contribution in [0, 0.1) is 5.82 Å². The number of thiazole rings is 1. The molecule has 0 unspecified atom stereocenters. The lowest BCUT2D eigenvalue weighted by atomic mass is 9.94. The molecule has 240 valence electrons. The van der Waals surface area contributed by atoms with Gasteiger partial charge in [0.2, 0.25) is 5.91 Å². The van der Waals surface area contributed by atoms with Gasteiger partial charge < -0.3 is 19.5 Å². The van der Waals surface area contributed by atoms with Gasteiger partial charge in [-0.1, -0.05) is 47.7 Å². The highest BCUT2D eigenvalue weighted by Gasteiger charge is 2.35. The zero-order valence-electron chi connectivity index (χ0n) is 26.5. The molecule has 6 rings (SSSR count). The maximum Gasteiger partial charge on any atom is 0.271 e. The van der Waals surface area contributed by atoms with Gasteiger partial charge in [-0.3, -0.25) is 19.0 Å². The molecule has 3 heterocycles. The smallest absolute Gasteiger partial charge is 0.271 e. The molecule has 1 aliphatic heterocycles. The Hall–Kier alpha value is -5.29. The van der Waals surface area contributed by atoms with E-state index in [2.05, 4.69) is 5.32 Å². The molecule has 0 aliphatic carbocycles. The van der Waals surface area contributed by atoms with Gasteiger partial charge in [-0.15, -0.1) is 0 Å². The van der Waals surface area contributed by atoms with Gasteiger partial charge in [0.1, 0.15) is 24.2 Å². The van der Waals surface area contributed by atoms with Crippen molar-refractivity contribution in [1.29, 1.82) is 0 Å². The summed E-state index contributed by atoms with van der Waals surface area (Å²) in [6.07, 6.45) is 3.65. The van der Waals surface area contributed by atoms with E-state index in [0.29, 0.717) is 50.7 Å². The molecule has 0 saturated carbocycles. The number of allylic oxidation sites excluding steroid dienone is 1. The normalized spacial score (nSPS) is 14.6. The number of nitrogens with zero attached hydrogens (tertiary/aromatic N) is 4. The summed E-state index contributed by atoms with van der Waals surface area (Å²) in [5.74, 6) is -0.275. The van der Waals surface area contributed by atoms with E-state index in [9.17, 15) is 18.8 Å². The lowest BCUT2D eigenvalue weighted by Gasteiger charge is -2.29. The number of amides is 2. The van der Waals surface area contributed by atoms with E-state index in [1.54, 1.807) is 23.5 Å². The third-order valence-corrected chi connectivity index (χ3v) is 9.27. The number of rotatable bonds is 9. The van der Waals surface area contributed by atoms with Gasteiger partial charge in [-0.2, -0.15) is 0 Å². The number of benzene rings is 3. The molecule has 3 aromatic carbocycles. The minimum Gasteiger partial charge on any atom is -0.496 e. The van der Waals surface area contributed by atoms with Crippen molar-refractivity contribution >= 4 is 45.8 Å². The Morgan fingerprint density at radius 2 is 1.74 bits per heavy atom. The van der Waals surface area contributed by atoms with Gasteiger partial charge in [0.05, 0.1) is 22.9 Å². The van der Waals surface area contributed by atoms with Crippen LogP contribution in [0.25, 0.3) is 17.0 Å². The van der Waals surface area contributed by atoms with E-state index >= 15 is 0 Å². The van der Waals surface area contributed by atoms with Crippen LogP contribution in [-0.4, -0.2) is 46.0 Å². The molecule has 2 amide bonds. The Kier molecular flexibility index (Phi) is 8.91. The number of halogens is 1. The average molecular weight is 652 g/mol. The molecule has 0 radical (unpaired) electrons. The molecule has 47 heavy (non-hydrogen) atoms. The monoisotopic (exact) mass is 651 g/mol. The first-order valence-corrected chi connectivity index (χ1v) is 16.1. The van der Waals surface area contributed by atoms with Crippen LogP contribution in [0.2, 0.25) is 0 Å². The van der Waals surface area contributed by atoms with Crippen LogP contribution in [0.5, 0.6) is 5.75 Å². The summed E-state index contributed by atoms with van der Waals surface area (Å²) in [7, 11) is 1.57. The molecule has 2 aromatic heterocycles. The highest BCUT2D eigenvalue weighted by molar-refractivity contribution is 7.07. The van der Waals surface area contributed by atoms with Crippen molar-refractivity contribution in [3.63, 3.8) is 0 Å². The topological polar surface area (TPSA) is 97.9 Å². The first-order valence-electron chi connectivity index (χ1n) is 15.3. The predicted molar refractivity (Wildman–Crippen MR) is 182 cm³/mol. The van der Waals surface area contributed by atoms with E-state index in [1.807, 2.05) is 79.2 Å². The van der Waals surface area contributed by atoms with Gasteiger partial charge in [-0.25, -0.2) is 9.38 Å². The number of ether oxygens (including phenoxy) is 1. The first kappa shape index (κ1) is 31.7. The second kappa shape index (κ2) is 13.2. The Balaban J connectivity index is 1.46. The molecule has 0 fully saturated rings. The lowest BCUT2D eigenvalue weighted by molar-refractivity contribution is -0.127. The highest BCUT2D eigenvalue weighted by atomic mass is 32.1. The third-order valence-electron chi connectivity index (χ3n) is 8.28. The number of anilines is 1. The molecule has 5 aromatic rings. The minimum atomic E-state index is -0.742. The molecular weight excluding hydrogens is 617 g/mol. The third kappa shape index (κ3) is 6.01. The second-order valence-electron chi connectivity index (χ2n) is 11.1. The number of carbonyl (C=O) groups excluding carboxylic acids is 2. The first-order chi connectivity index (χ1) is 22.7. The molecule has 1 N–H and O–H groups in total. The van der Waals surface area contributed by atoms with E-state index in [4.69, 9.17) is 9.73 Å². The summed E-state index contributed by atoms with van der Waals surface area (Å²) in [5.41, 5.74) is 3.45. The Morgan fingerprint density at radius 3 is 2.47 bits per heavy atom. The molecule has 11 heteroatoms. The quantitative estimate of drug-likeness (QED) is 0.247. The average Bonchev–Trinajstić information content (AvgIpc) is 3.57. The Bertz CT molecular complexity index is 2210. The van der Waals surface area contributed by atoms with Crippen LogP contribution < -0.4 is 24.9 Å². The molecule has 1 atom stereocenters. The number of likely N-dealkylation sites (N-methyl/N-ethyl adjacent to an activating group) is 1. The number of carbonyl (C=O) groups is 2. The van der Waals surface area contributed by atoms with Crippen molar-refractivity contribution in [1.82, 2.24) is 14.0 Å². The Morgan fingerprint density at radius 1 is 1.04 bits per heavy atom. The number of fused-ring (bicyclic) bond motifs is 2. The SMILES string of the molecule is CCN(CC)C(=O)C1=C(C)N=c2s/c(=C/c3cn(CC(=O)Nc4ccc(F)cc4)c4ccccc34)c(=O)n2[C@@H]1c1ccccc1OC. The fraction of sp³-hybridized carbons (Fsp3) is 0.222. The fourth-order valence-corrected chi connectivity index (χ4v) is 7.05.